The van der Waals surface area contributed by atoms with E-state index in [1.165, 1.54) is 12.1 Å². The number of hydrogen-bond donors (Lipinski definition) is 0. The van der Waals surface area contributed by atoms with E-state index in [0.29, 0.717) is 23.6 Å². The normalized spacial score (nSPS) is 10.4. The fraction of sp³-hybridized carbons (Fsp3) is 0.214. The van der Waals surface area contributed by atoms with Gasteiger partial charge in [0.1, 0.15) is 11.5 Å². The minimum absolute atomic E-state index is 0.287. The third-order valence-electron chi connectivity index (χ3n) is 2.79. The number of nitrogens with zero attached hydrogens (tertiary/aromatic N) is 2. The molecule has 0 aliphatic carbocycles. The van der Waals surface area contributed by atoms with Gasteiger partial charge in [0.15, 0.2) is 0 Å². The Morgan fingerprint density at radius 1 is 1.21 bits per heavy atom. The van der Waals surface area contributed by atoms with Gasteiger partial charge in [-0.25, -0.2) is 4.39 Å². The molecule has 0 atom stereocenters. The first kappa shape index (κ1) is 13.6. The molecule has 5 heteroatoms. The summed E-state index contributed by atoms with van der Waals surface area (Å²) >= 11 is 5.99. The molecule has 0 saturated heterocycles. The molecule has 19 heavy (non-hydrogen) atoms. The van der Waals surface area contributed by atoms with Gasteiger partial charge in [0.2, 0.25) is 0 Å². The van der Waals surface area contributed by atoms with Gasteiger partial charge in [-0.15, -0.1) is 4.91 Å². The van der Waals surface area contributed by atoms with Gasteiger partial charge < -0.3 is 0 Å². The number of rotatable bonds is 5. The smallest absolute Gasteiger partial charge is 0.123 e. The van der Waals surface area contributed by atoms with E-state index in [4.69, 9.17) is 11.6 Å². The van der Waals surface area contributed by atoms with E-state index >= 15 is 0 Å². The van der Waals surface area contributed by atoms with E-state index in [0.717, 1.165) is 17.7 Å². The lowest BCUT2D eigenvalue weighted by molar-refractivity contribution is 0.624. The van der Waals surface area contributed by atoms with E-state index in [2.05, 4.69) is 10.2 Å². The first-order valence-corrected chi connectivity index (χ1v) is 6.29. The minimum atomic E-state index is -0.287. The van der Waals surface area contributed by atoms with Gasteiger partial charge in [0, 0.05) is 16.9 Å². The highest BCUT2D eigenvalue weighted by Gasteiger charge is 2.03. The quantitative estimate of drug-likeness (QED) is 0.758. The molecule has 0 unspecified atom stereocenters. The average molecular weight is 279 g/mol. The van der Waals surface area contributed by atoms with Gasteiger partial charge in [0.25, 0.3) is 0 Å². The van der Waals surface area contributed by atoms with Crippen LogP contribution in [0.15, 0.2) is 41.7 Å². The molecule has 98 valence electrons. The molecule has 0 radical (unpaired) electrons. The third-order valence-corrected chi connectivity index (χ3v) is 3.16. The Morgan fingerprint density at radius 3 is 2.84 bits per heavy atom. The van der Waals surface area contributed by atoms with Crippen molar-refractivity contribution in [3.63, 3.8) is 0 Å². The first-order chi connectivity index (χ1) is 9.19. The van der Waals surface area contributed by atoms with Crippen molar-refractivity contribution in [2.45, 2.75) is 19.3 Å². The van der Waals surface area contributed by atoms with E-state index in [1.54, 1.807) is 24.4 Å². The summed E-state index contributed by atoms with van der Waals surface area (Å²) in [7, 11) is 0. The molecule has 1 aromatic heterocycles. The molecular weight excluding hydrogens is 267 g/mol. The topological polar surface area (TPSA) is 42.3 Å². The van der Waals surface area contributed by atoms with Crippen molar-refractivity contribution in [2.24, 2.45) is 5.18 Å². The Bertz CT molecular complexity index is 589. The van der Waals surface area contributed by atoms with Crippen LogP contribution in [-0.4, -0.2) is 4.98 Å². The zero-order valence-corrected chi connectivity index (χ0v) is 10.9. The van der Waals surface area contributed by atoms with Crippen molar-refractivity contribution >= 4 is 17.3 Å². The lowest BCUT2D eigenvalue weighted by Gasteiger charge is -2.04. The predicted molar refractivity (Wildman–Crippen MR) is 73.1 cm³/mol. The number of aryl methyl sites for hydroxylation is 2. The zero-order chi connectivity index (χ0) is 13.7. The minimum Gasteiger partial charge on any atom is -0.261 e. The number of hydrogen-bond acceptors (Lipinski definition) is 3. The summed E-state index contributed by atoms with van der Waals surface area (Å²) in [6.45, 7) is 0. The van der Waals surface area contributed by atoms with Gasteiger partial charge in [-0.05, 0) is 60.3 Å². The molecule has 2 rings (SSSR count). The Balaban J connectivity index is 1.96. The lowest BCUT2D eigenvalue weighted by Crippen LogP contribution is -1.94. The summed E-state index contributed by atoms with van der Waals surface area (Å²) in [5.41, 5.74) is 1.95. The molecule has 2 aromatic rings. The molecular formula is C14H12ClFN2O. The largest absolute Gasteiger partial charge is 0.261 e. The van der Waals surface area contributed by atoms with Crippen molar-refractivity contribution < 1.29 is 4.39 Å². The van der Waals surface area contributed by atoms with Crippen LogP contribution >= 0.6 is 11.6 Å². The van der Waals surface area contributed by atoms with Crippen LogP contribution in [0.4, 0.5) is 10.1 Å². The molecule has 0 bridgehead atoms. The van der Waals surface area contributed by atoms with Gasteiger partial charge >= 0.3 is 0 Å². The molecule has 0 aliphatic heterocycles. The monoisotopic (exact) mass is 278 g/mol. The molecule has 0 fully saturated rings. The summed E-state index contributed by atoms with van der Waals surface area (Å²) in [5, 5.41) is 3.43. The fourth-order valence-electron chi connectivity index (χ4n) is 1.85. The number of pyridine rings is 1. The second kappa shape index (κ2) is 6.38. The van der Waals surface area contributed by atoms with Crippen molar-refractivity contribution in [3.8, 4) is 0 Å². The second-order valence-electron chi connectivity index (χ2n) is 4.19. The van der Waals surface area contributed by atoms with E-state index in [1.807, 2.05) is 0 Å². The number of benzene rings is 1. The van der Waals surface area contributed by atoms with Gasteiger partial charge in [0.05, 0.1) is 0 Å². The standard InChI is InChI=1S/C14H12ClFN2O/c15-14-5-4-11(16)8-10(14)2-1-3-12-9-13(18-19)6-7-17-12/h4-9H,1-3H2. The van der Waals surface area contributed by atoms with Crippen LogP contribution in [0.5, 0.6) is 0 Å². The second-order valence-corrected chi connectivity index (χ2v) is 4.59. The van der Waals surface area contributed by atoms with Crippen molar-refractivity contribution in [1.82, 2.24) is 4.98 Å². The predicted octanol–water partition coefficient (Wildman–Crippen LogP) is 4.45. The maximum Gasteiger partial charge on any atom is 0.123 e. The maximum absolute atomic E-state index is 13.1. The van der Waals surface area contributed by atoms with Crippen LogP contribution in [0.25, 0.3) is 0 Å². The summed E-state index contributed by atoms with van der Waals surface area (Å²) in [4.78, 5) is 14.6. The lowest BCUT2D eigenvalue weighted by atomic mass is 10.1. The van der Waals surface area contributed by atoms with Crippen LogP contribution in [0.2, 0.25) is 5.02 Å². The van der Waals surface area contributed by atoms with Crippen LogP contribution in [0.1, 0.15) is 17.7 Å². The molecule has 3 nitrogen and oxygen atoms in total. The highest BCUT2D eigenvalue weighted by Crippen LogP contribution is 2.20. The van der Waals surface area contributed by atoms with Crippen molar-refractivity contribution in [1.29, 1.82) is 0 Å². The number of halogens is 2. The Labute approximate surface area is 115 Å². The Hall–Kier alpha value is -1.81. The van der Waals surface area contributed by atoms with Crippen LogP contribution in [-0.2, 0) is 12.8 Å². The van der Waals surface area contributed by atoms with Gasteiger partial charge in [-0.2, -0.15) is 0 Å². The highest BCUT2D eigenvalue weighted by molar-refractivity contribution is 6.31. The molecule has 0 spiro atoms. The molecule has 1 aromatic carbocycles. The summed E-state index contributed by atoms with van der Waals surface area (Å²) in [6, 6.07) is 7.55. The molecule has 1 heterocycles. The van der Waals surface area contributed by atoms with Crippen LogP contribution in [0.3, 0.4) is 0 Å². The molecule has 0 saturated carbocycles. The summed E-state index contributed by atoms with van der Waals surface area (Å²) < 4.78 is 13.1. The summed E-state index contributed by atoms with van der Waals surface area (Å²) in [5.74, 6) is -0.287. The SMILES string of the molecule is O=Nc1ccnc(CCCc2cc(F)ccc2Cl)c1. The fourth-order valence-corrected chi connectivity index (χ4v) is 2.07. The Kier molecular flexibility index (Phi) is 4.58. The van der Waals surface area contributed by atoms with Crippen molar-refractivity contribution in [3.05, 3.63) is 63.5 Å². The van der Waals surface area contributed by atoms with E-state index < -0.39 is 0 Å². The highest BCUT2D eigenvalue weighted by atomic mass is 35.5. The average Bonchev–Trinajstić information content (AvgIpc) is 2.43. The maximum atomic E-state index is 13.1. The summed E-state index contributed by atoms with van der Waals surface area (Å²) in [6.07, 6.45) is 3.69. The molecule has 0 N–H and O–H groups in total. The van der Waals surface area contributed by atoms with Gasteiger partial charge in [-0.3, -0.25) is 4.98 Å². The molecule has 0 aliphatic rings. The first-order valence-electron chi connectivity index (χ1n) is 5.91. The number of aromatic nitrogens is 1. The van der Waals surface area contributed by atoms with Crippen LogP contribution < -0.4 is 0 Å². The zero-order valence-electron chi connectivity index (χ0n) is 10.1. The Morgan fingerprint density at radius 2 is 2.05 bits per heavy atom. The number of nitroso groups, excluding NO2 is 1. The van der Waals surface area contributed by atoms with Crippen LogP contribution in [0, 0.1) is 10.7 Å². The van der Waals surface area contributed by atoms with E-state index in [9.17, 15) is 9.30 Å². The molecule has 0 amide bonds. The van der Waals surface area contributed by atoms with Gasteiger partial charge in [-0.1, -0.05) is 11.6 Å². The van der Waals surface area contributed by atoms with Crippen molar-refractivity contribution in [2.75, 3.05) is 0 Å². The third kappa shape index (κ3) is 3.83. The van der Waals surface area contributed by atoms with E-state index in [-0.39, 0.29) is 5.82 Å².